The van der Waals surface area contributed by atoms with Gasteiger partial charge < -0.3 is 9.15 Å². The number of hydrogen-bond acceptors (Lipinski definition) is 7. The van der Waals surface area contributed by atoms with Gasteiger partial charge in [0.25, 0.3) is 0 Å². The van der Waals surface area contributed by atoms with Crippen LogP contribution in [0.2, 0.25) is 0 Å². The van der Waals surface area contributed by atoms with E-state index in [4.69, 9.17) is 9.15 Å². The SMILES string of the molecule is c1coc(CN2CCN(Cc3nnnn3CC3CCCO3)CC2)c1. The largest absolute Gasteiger partial charge is 0.468 e. The molecule has 0 saturated carbocycles. The fraction of sp³-hybridized carbons (Fsp3) is 0.688. The summed E-state index contributed by atoms with van der Waals surface area (Å²) in [6, 6.07) is 3.98. The Kier molecular flexibility index (Phi) is 4.86. The Morgan fingerprint density at radius 1 is 1.12 bits per heavy atom. The maximum atomic E-state index is 5.69. The van der Waals surface area contributed by atoms with E-state index in [1.54, 1.807) is 6.26 Å². The summed E-state index contributed by atoms with van der Waals surface area (Å²) in [5.41, 5.74) is 0. The van der Waals surface area contributed by atoms with Crippen LogP contribution in [0.5, 0.6) is 0 Å². The summed E-state index contributed by atoms with van der Waals surface area (Å²) in [5, 5.41) is 12.2. The van der Waals surface area contributed by atoms with Crippen molar-refractivity contribution >= 4 is 0 Å². The highest BCUT2D eigenvalue weighted by atomic mass is 16.5. The number of nitrogens with zero attached hydrogens (tertiary/aromatic N) is 6. The third kappa shape index (κ3) is 3.82. The summed E-state index contributed by atoms with van der Waals surface area (Å²) in [6.07, 6.45) is 4.24. The van der Waals surface area contributed by atoms with Crippen molar-refractivity contribution in [3.8, 4) is 0 Å². The Balaban J connectivity index is 1.27. The van der Waals surface area contributed by atoms with Gasteiger partial charge in [-0.3, -0.25) is 9.80 Å². The summed E-state index contributed by atoms with van der Waals surface area (Å²) in [5.74, 6) is 1.97. The Morgan fingerprint density at radius 3 is 2.67 bits per heavy atom. The smallest absolute Gasteiger partial charge is 0.165 e. The van der Waals surface area contributed by atoms with E-state index in [1.165, 1.54) is 0 Å². The van der Waals surface area contributed by atoms with E-state index in [2.05, 4.69) is 25.3 Å². The van der Waals surface area contributed by atoms with E-state index in [-0.39, 0.29) is 6.10 Å². The lowest BCUT2D eigenvalue weighted by molar-refractivity contribution is 0.0887. The van der Waals surface area contributed by atoms with E-state index in [9.17, 15) is 0 Å². The molecule has 0 aliphatic carbocycles. The zero-order chi connectivity index (χ0) is 16.2. The molecule has 8 heteroatoms. The molecule has 8 nitrogen and oxygen atoms in total. The predicted molar refractivity (Wildman–Crippen MR) is 86.1 cm³/mol. The molecule has 4 rings (SSSR count). The molecule has 0 N–H and O–H groups in total. The first-order valence-electron chi connectivity index (χ1n) is 8.70. The van der Waals surface area contributed by atoms with Crippen molar-refractivity contribution in [3.63, 3.8) is 0 Å². The number of piperazine rings is 1. The first-order chi connectivity index (χ1) is 11.9. The number of rotatable bonds is 6. The molecule has 2 fully saturated rings. The number of tetrazole rings is 1. The Labute approximate surface area is 141 Å². The van der Waals surface area contributed by atoms with Crippen molar-refractivity contribution in [3.05, 3.63) is 30.0 Å². The van der Waals surface area contributed by atoms with Gasteiger partial charge in [-0.2, -0.15) is 0 Å². The van der Waals surface area contributed by atoms with Crippen LogP contribution in [0.3, 0.4) is 0 Å². The lowest BCUT2D eigenvalue weighted by Crippen LogP contribution is -2.45. The summed E-state index contributed by atoms with van der Waals surface area (Å²) >= 11 is 0. The van der Waals surface area contributed by atoms with Crippen LogP contribution in [0.4, 0.5) is 0 Å². The van der Waals surface area contributed by atoms with Crippen LogP contribution in [0.1, 0.15) is 24.4 Å². The second-order valence-electron chi connectivity index (χ2n) is 6.54. The number of aromatic nitrogens is 4. The van der Waals surface area contributed by atoms with Gasteiger partial charge in [0.1, 0.15) is 5.76 Å². The zero-order valence-corrected chi connectivity index (χ0v) is 13.9. The molecule has 2 aliphatic heterocycles. The van der Waals surface area contributed by atoms with Crippen LogP contribution in [-0.4, -0.2) is 68.9 Å². The molecule has 1 unspecified atom stereocenters. The van der Waals surface area contributed by atoms with E-state index < -0.39 is 0 Å². The Hall–Kier alpha value is -1.77. The first-order valence-corrected chi connectivity index (χ1v) is 8.70. The normalized spacial score (nSPS) is 23.1. The van der Waals surface area contributed by atoms with Crippen molar-refractivity contribution in [1.29, 1.82) is 0 Å². The summed E-state index contributed by atoms with van der Waals surface area (Å²) in [4.78, 5) is 4.83. The molecule has 2 aromatic rings. The number of furan rings is 1. The van der Waals surface area contributed by atoms with Crippen LogP contribution in [0, 0.1) is 0 Å². The molecule has 130 valence electrons. The average molecular weight is 332 g/mol. The highest BCUT2D eigenvalue weighted by Crippen LogP contribution is 2.15. The predicted octanol–water partition coefficient (Wildman–Crippen LogP) is 0.763. The van der Waals surface area contributed by atoms with Gasteiger partial charge in [0.05, 0.1) is 32.0 Å². The summed E-state index contributed by atoms with van der Waals surface area (Å²) in [7, 11) is 0. The van der Waals surface area contributed by atoms with E-state index in [1.807, 2.05) is 16.8 Å². The number of hydrogen-bond donors (Lipinski definition) is 0. The second-order valence-corrected chi connectivity index (χ2v) is 6.54. The van der Waals surface area contributed by atoms with Crippen LogP contribution in [0.15, 0.2) is 22.8 Å². The lowest BCUT2D eigenvalue weighted by atomic mass is 10.2. The third-order valence-electron chi connectivity index (χ3n) is 4.80. The third-order valence-corrected chi connectivity index (χ3v) is 4.80. The minimum absolute atomic E-state index is 0.261. The van der Waals surface area contributed by atoms with Crippen molar-refractivity contribution in [1.82, 2.24) is 30.0 Å². The Bertz CT molecular complexity index is 614. The van der Waals surface area contributed by atoms with Gasteiger partial charge in [0.15, 0.2) is 5.82 Å². The molecule has 0 radical (unpaired) electrons. The van der Waals surface area contributed by atoms with Crippen molar-refractivity contribution in [2.45, 2.75) is 38.6 Å². The van der Waals surface area contributed by atoms with Crippen molar-refractivity contribution in [2.75, 3.05) is 32.8 Å². The summed E-state index contributed by atoms with van der Waals surface area (Å²) < 4.78 is 13.0. The topological polar surface area (TPSA) is 72.5 Å². The average Bonchev–Trinajstić information content (AvgIpc) is 3.34. The molecule has 2 aliphatic rings. The monoisotopic (exact) mass is 332 g/mol. The Morgan fingerprint density at radius 2 is 1.96 bits per heavy atom. The molecule has 0 aromatic carbocycles. The molecular formula is C16H24N6O2. The first kappa shape index (κ1) is 15.7. The fourth-order valence-electron chi connectivity index (χ4n) is 3.39. The minimum Gasteiger partial charge on any atom is -0.468 e. The molecule has 2 saturated heterocycles. The standard InChI is InChI=1S/C16H24N6O2/c1-3-14(23-9-1)11-20-5-7-21(8-6-20)13-16-17-18-19-22(16)12-15-4-2-10-24-15/h1,3,9,15H,2,4-8,10-13H2. The van der Waals surface area contributed by atoms with Gasteiger partial charge in [0, 0.05) is 32.8 Å². The lowest BCUT2D eigenvalue weighted by Gasteiger charge is -2.33. The van der Waals surface area contributed by atoms with Crippen molar-refractivity contribution < 1.29 is 9.15 Å². The van der Waals surface area contributed by atoms with Gasteiger partial charge in [-0.1, -0.05) is 0 Å². The zero-order valence-electron chi connectivity index (χ0n) is 13.9. The van der Waals surface area contributed by atoms with Crippen LogP contribution in [0.25, 0.3) is 0 Å². The maximum absolute atomic E-state index is 5.69. The molecule has 0 bridgehead atoms. The van der Waals surface area contributed by atoms with Gasteiger partial charge in [-0.25, -0.2) is 4.68 Å². The molecule has 2 aromatic heterocycles. The molecular weight excluding hydrogens is 308 g/mol. The summed E-state index contributed by atoms with van der Waals surface area (Å²) in [6.45, 7) is 7.43. The van der Waals surface area contributed by atoms with Crippen molar-refractivity contribution in [2.24, 2.45) is 0 Å². The molecule has 0 amide bonds. The van der Waals surface area contributed by atoms with Gasteiger partial charge in [-0.15, -0.1) is 5.10 Å². The number of ether oxygens (including phenoxy) is 1. The van der Waals surface area contributed by atoms with Gasteiger partial charge >= 0.3 is 0 Å². The minimum atomic E-state index is 0.261. The van der Waals surface area contributed by atoms with E-state index >= 15 is 0 Å². The van der Waals surface area contributed by atoms with E-state index in [0.717, 1.165) is 76.8 Å². The molecule has 24 heavy (non-hydrogen) atoms. The van der Waals surface area contributed by atoms with Gasteiger partial charge in [0.2, 0.25) is 0 Å². The van der Waals surface area contributed by atoms with E-state index in [0.29, 0.717) is 0 Å². The molecule has 4 heterocycles. The second kappa shape index (κ2) is 7.42. The maximum Gasteiger partial charge on any atom is 0.165 e. The highest BCUT2D eigenvalue weighted by molar-refractivity contribution is 4.98. The molecule has 0 spiro atoms. The van der Waals surface area contributed by atoms with Crippen LogP contribution < -0.4 is 0 Å². The highest BCUT2D eigenvalue weighted by Gasteiger charge is 2.22. The quantitative estimate of drug-likeness (QED) is 0.773. The van der Waals surface area contributed by atoms with Crippen LogP contribution >= 0.6 is 0 Å². The van der Waals surface area contributed by atoms with Gasteiger partial charge in [-0.05, 0) is 35.4 Å². The fourth-order valence-corrected chi connectivity index (χ4v) is 3.39. The molecule has 1 atom stereocenters. The van der Waals surface area contributed by atoms with Crippen LogP contribution in [-0.2, 0) is 24.4 Å².